The number of nitrogens with zero attached hydrogens (tertiary/aromatic N) is 2. The topological polar surface area (TPSA) is 36.9 Å². The number of hydrogen-bond donors (Lipinski definition) is 1. The van der Waals surface area contributed by atoms with Gasteiger partial charge in [0.2, 0.25) is 0 Å². The van der Waals surface area contributed by atoms with E-state index in [1.807, 2.05) is 13.1 Å². The van der Waals surface area contributed by atoms with Crippen molar-refractivity contribution in [2.45, 2.75) is 26.5 Å². The van der Waals surface area contributed by atoms with E-state index in [0.717, 1.165) is 31.0 Å². The quantitative estimate of drug-likeness (QED) is 0.340. The van der Waals surface area contributed by atoms with Gasteiger partial charge in [0.1, 0.15) is 5.82 Å². The van der Waals surface area contributed by atoms with Crippen LogP contribution in [0.5, 0.6) is 0 Å². The highest BCUT2D eigenvalue weighted by Crippen LogP contribution is 2.13. The minimum absolute atomic E-state index is 0. The molecule has 0 unspecified atom stereocenters. The van der Waals surface area contributed by atoms with Crippen LogP contribution in [0.4, 0.5) is 4.39 Å². The molecule has 0 radical (unpaired) electrons. The van der Waals surface area contributed by atoms with Gasteiger partial charge in [-0.25, -0.2) is 9.38 Å². The van der Waals surface area contributed by atoms with Crippen LogP contribution in [0.15, 0.2) is 40.7 Å². The van der Waals surface area contributed by atoms with E-state index in [9.17, 15) is 4.39 Å². The van der Waals surface area contributed by atoms with Crippen LogP contribution in [0.1, 0.15) is 22.9 Å². The lowest BCUT2D eigenvalue weighted by Gasteiger charge is -2.21. The van der Waals surface area contributed by atoms with Crippen LogP contribution in [0.3, 0.4) is 0 Å². The molecule has 26 heavy (non-hydrogen) atoms. The molecule has 1 heterocycles. The first-order valence-electron chi connectivity index (χ1n) is 8.42. The first-order valence-corrected chi connectivity index (χ1v) is 9.30. The molecular weight excluding hydrogens is 464 g/mol. The highest BCUT2D eigenvalue weighted by atomic mass is 127. The molecule has 4 nitrogen and oxygen atoms in total. The van der Waals surface area contributed by atoms with Gasteiger partial charge in [-0.1, -0.05) is 12.1 Å². The Balaban J connectivity index is 0.00000338. The predicted octanol–water partition coefficient (Wildman–Crippen LogP) is 4.29. The summed E-state index contributed by atoms with van der Waals surface area (Å²) in [5.74, 6) is 0.617. The molecule has 0 bridgehead atoms. The summed E-state index contributed by atoms with van der Waals surface area (Å²) < 4.78 is 18.7. The first-order chi connectivity index (χ1) is 12.1. The molecule has 1 aromatic heterocycles. The molecule has 0 spiro atoms. The van der Waals surface area contributed by atoms with Gasteiger partial charge in [-0.2, -0.15) is 0 Å². The SMILES string of the molecule is CCNC(=NCc1ccc(F)c(COC)c1)N(C)CCc1cccs1.I. The number of halogens is 2. The number of thiophene rings is 1. The second kappa shape index (κ2) is 12.2. The lowest BCUT2D eigenvalue weighted by molar-refractivity contribution is 0.181. The molecule has 1 aromatic carbocycles. The fraction of sp³-hybridized carbons (Fsp3) is 0.421. The molecule has 0 aliphatic carbocycles. The molecule has 0 fully saturated rings. The maximum atomic E-state index is 13.7. The van der Waals surface area contributed by atoms with Gasteiger partial charge in [-0.3, -0.25) is 0 Å². The van der Waals surface area contributed by atoms with Crippen LogP contribution >= 0.6 is 35.3 Å². The maximum absolute atomic E-state index is 13.7. The Hall–Kier alpha value is -1.19. The Morgan fingerprint density at radius 3 is 2.81 bits per heavy atom. The lowest BCUT2D eigenvalue weighted by atomic mass is 10.1. The van der Waals surface area contributed by atoms with Crippen LogP contribution in [0.25, 0.3) is 0 Å². The van der Waals surface area contributed by atoms with Crippen LogP contribution in [0, 0.1) is 5.82 Å². The van der Waals surface area contributed by atoms with Crippen molar-refractivity contribution in [2.24, 2.45) is 4.99 Å². The molecule has 0 saturated heterocycles. The van der Waals surface area contributed by atoms with Crippen LogP contribution in [0.2, 0.25) is 0 Å². The second-order valence-electron chi connectivity index (χ2n) is 5.78. The summed E-state index contributed by atoms with van der Waals surface area (Å²) in [6.07, 6.45) is 0.993. The van der Waals surface area contributed by atoms with Crippen LogP contribution in [-0.4, -0.2) is 38.1 Å². The van der Waals surface area contributed by atoms with E-state index in [-0.39, 0.29) is 36.4 Å². The van der Waals surface area contributed by atoms with E-state index in [0.29, 0.717) is 12.1 Å². The molecular formula is C19H27FIN3OS. The molecule has 0 saturated carbocycles. The number of methoxy groups -OCH3 is 1. The summed E-state index contributed by atoms with van der Waals surface area (Å²) in [4.78, 5) is 8.18. The number of nitrogens with one attached hydrogen (secondary N) is 1. The molecule has 0 aliphatic rings. The van der Waals surface area contributed by atoms with Crippen molar-refractivity contribution in [3.05, 3.63) is 57.5 Å². The fourth-order valence-electron chi connectivity index (χ4n) is 2.47. The highest BCUT2D eigenvalue weighted by Gasteiger charge is 2.07. The van der Waals surface area contributed by atoms with Crippen LogP contribution in [-0.2, 0) is 24.3 Å². The van der Waals surface area contributed by atoms with E-state index in [4.69, 9.17) is 4.74 Å². The van der Waals surface area contributed by atoms with Crippen molar-refractivity contribution in [1.82, 2.24) is 10.2 Å². The number of ether oxygens (including phenoxy) is 1. The summed E-state index contributed by atoms with van der Waals surface area (Å²) in [5.41, 5.74) is 1.53. The third-order valence-corrected chi connectivity index (χ3v) is 4.73. The van der Waals surface area contributed by atoms with Crippen molar-refractivity contribution in [3.8, 4) is 0 Å². The summed E-state index contributed by atoms with van der Waals surface area (Å²) in [6, 6.07) is 9.29. The molecule has 0 atom stereocenters. The fourth-order valence-corrected chi connectivity index (χ4v) is 3.17. The summed E-state index contributed by atoms with van der Waals surface area (Å²) in [6.45, 7) is 4.52. The predicted molar refractivity (Wildman–Crippen MR) is 118 cm³/mol. The van der Waals surface area contributed by atoms with E-state index < -0.39 is 0 Å². The lowest BCUT2D eigenvalue weighted by Crippen LogP contribution is -2.39. The molecule has 7 heteroatoms. The molecule has 0 aliphatic heterocycles. The number of likely N-dealkylation sites (N-methyl/N-ethyl adjacent to an activating group) is 1. The van der Waals surface area contributed by atoms with Crippen LogP contribution < -0.4 is 5.32 Å². The largest absolute Gasteiger partial charge is 0.380 e. The molecule has 144 valence electrons. The van der Waals surface area contributed by atoms with E-state index in [1.54, 1.807) is 24.5 Å². The zero-order valence-corrected chi connectivity index (χ0v) is 18.6. The summed E-state index contributed by atoms with van der Waals surface area (Å²) >= 11 is 1.77. The Morgan fingerprint density at radius 2 is 2.15 bits per heavy atom. The average Bonchev–Trinajstić information content (AvgIpc) is 3.13. The third kappa shape index (κ3) is 7.20. The average molecular weight is 491 g/mol. The summed E-state index contributed by atoms with van der Waals surface area (Å²) in [7, 11) is 3.60. The Kier molecular flexibility index (Phi) is 10.8. The zero-order chi connectivity index (χ0) is 18.1. The Labute approximate surface area is 176 Å². The van der Waals surface area contributed by atoms with Crippen molar-refractivity contribution in [3.63, 3.8) is 0 Å². The molecule has 2 rings (SSSR count). The monoisotopic (exact) mass is 491 g/mol. The number of aliphatic imine (C=N–C) groups is 1. The highest BCUT2D eigenvalue weighted by molar-refractivity contribution is 14.0. The number of rotatable bonds is 8. The van der Waals surface area contributed by atoms with Gasteiger partial charge in [-0.05, 0) is 42.5 Å². The standard InChI is InChI=1S/C19H26FN3OS.HI/c1-4-21-19(23(2)10-9-17-6-5-11-25-17)22-13-15-7-8-18(20)16(12-15)14-24-3;/h5-8,11-12H,4,9-10,13-14H2,1-3H3,(H,21,22);1H. The van der Waals surface area contributed by atoms with Gasteiger partial charge >= 0.3 is 0 Å². The van der Waals surface area contributed by atoms with E-state index in [2.05, 4.69) is 39.6 Å². The Morgan fingerprint density at radius 1 is 1.35 bits per heavy atom. The molecule has 2 aromatic rings. The smallest absolute Gasteiger partial charge is 0.193 e. The molecule has 1 N–H and O–H groups in total. The third-order valence-electron chi connectivity index (χ3n) is 3.79. The normalized spacial score (nSPS) is 11.2. The number of benzene rings is 1. The second-order valence-corrected chi connectivity index (χ2v) is 6.81. The zero-order valence-electron chi connectivity index (χ0n) is 15.5. The number of guanidine groups is 1. The minimum atomic E-state index is -0.241. The van der Waals surface area contributed by atoms with E-state index in [1.165, 1.54) is 10.9 Å². The van der Waals surface area contributed by atoms with Crippen molar-refractivity contribution in [1.29, 1.82) is 0 Å². The van der Waals surface area contributed by atoms with Crippen molar-refractivity contribution >= 4 is 41.3 Å². The summed E-state index contributed by atoms with van der Waals surface area (Å²) in [5, 5.41) is 5.41. The molecule has 0 amide bonds. The van der Waals surface area contributed by atoms with Gasteiger partial charge < -0.3 is 15.0 Å². The maximum Gasteiger partial charge on any atom is 0.193 e. The van der Waals surface area contributed by atoms with E-state index >= 15 is 0 Å². The van der Waals surface area contributed by atoms with Gasteiger partial charge in [0.05, 0.1) is 13.2 Å². The number of hydrogen-bond acceptors (Lipinski definition) is 3. The minimum Gasteiger partial charge on any atom is -0.380 e. The van der Waals surface area contributed by atoms with Crippen molar-refractivity contribution in [2.75, 3.05) is 27.2 Å². The van der Waals surface area contributed by atoms with Gasteiger partial charge in [-0.15, -0.1) is 35.3 Å². The van der Waals surface area contributed by atoms with Gasteiger partial charge in [0.25, 0.3) is 0 Å². The van der Waals surface area contributed by atoms with Crippen molar-refractivity contribution < 1.29 is 9.13 Å². The van der Waals surface area contributed by atoms with Gasteiger partial charge in [0.15, 0.2) is 5.96 Å². The first kappa shape index (κ1) is 22.9. The van der Waals surface area contributed by atoms with Gasteiger partial charge in [0, 0.05) is 37.7 Å². The Bertz CT molecular complexity index is 679.